The molecule has 75 heavy (non-hydrogen) atoms. The van der Waals surface area contributed by atoms with Crippen molar-refractivity contribution in [2.24, 2.45) is 41.4 Å². The van der Waals surface area contributed by atoms with Crippen molar-refractivity contribution in [1.29, 1.82) is 0 Å². The molecule has 4 N–H and O–H groups in total. The maximum absolute atomic E-state index is 14.7. The zero-order valence-corrected chi connectivity index (χ0v) is 46.4. The predicted molar refractivity (Wildman–Crippen MR) is 286 cm³/mol. The fourth-order valence-electron chi connectivity index (χ4n) is 12.6. The summed E-state index contributed by atoms with van der Waals surface area (Å²) in [7, 11) is 4.71. The largest absolute Gasteiger partial charge is 0.480 e. The number of methoxy groups -OCH3 is 2. The van der Waals surface area contributed by atoms with Crippen LogP contribution in [0.2, 0.25) is 0 Å². The number of carbonyl (C=O) groups is 7. The van der Waals surface area contributed by atoms with Gasteiger partial charge in [-0.05, 0) is 92.4 Å². The molecule has 6 amide bonds. The summed E-state index contributed by atoms with van der Waals surface area (Å²) in [6.45, 7) is 12.9. The third-order valence-electron chi connectivity index (χ3n) is 17.0. The smallest absolute Gasteiger partial charge is 0.407 e. The molecule has 0 spiro atoms. The average molecular weight is 1050 g/mol. The average Bonchev–Trinajstić information content (AvgIpc) is 3.82. The number of nitrogens with zero attached hydrogens (tertiary/aromatic N) is 3. The molecule has 418 valence electrons. The van der Waals surface area contributed by atoms with E-state index in [1.54, 1.807) is 28.7 Å². The third-order valence-corrected chi connectivity index (χ3v) is 17.0. The van der Waals surface area contributed by atoms with Crippen molar-refractivity contribution in [3.05, 3.63) is 35.9 Å². The summed E-state index contributed by atoms with van der Waals surface area (Å²) in [4.78, 5) is 101. The van der Waals surface area contributed by atoms with Gasteiger partial charge >= 0.3 is 12.1 Å². The first-order chi connectivity index (χ1) is 35.9. The van der Waals surface area contributed by atoms with E-state index in [4.69, 9.17) is 20.6 Å². The van der Waals surface area contributed by atoms with E-state index in [0.29, 0.717) is 69.6 Å². The van der Waals surface area contributed by atoms with E-state index < -0.39 is 66.3 Å². The van der Waals surface area contributed by atoms with Gasteiger partial charge in [-0.25, -0.2) is 9.59 Å². The first kappa shape index (κ1) is 60.7. The maximum Gasteiger partial charge on any atom is 0.407 e. The molecule has 4 aliphatic rings. The lowest BCUT2D eigenvalue weighted by molar-refractivity contribution is -0.149. The van der Waals surface area contributed by atoms with Crippen LogP contribution in [0.1, 0.15) is 143 Å². The quantitative estimate of drug-likeness (QED) is 0.0460. The van der Waals surface area contributed by atoms with Gasteiger partial charge in [-0.2, -0.15) is 0 Å². The minimum Gasteiger partial charge on any atom is -0.480 e. The van der Waals surface area contributed by atoms with Crippen molar-refractivity contribution in [3.8, 4) is 12.3 Å². The zero-order chi connectivity index (χ0) is 54.9. The zero-order valence-electron chi connectivity index (χ0n) is 46.4. The number of carboxylic acids is 1. The Bertz CT molecular complexity index is 2100. The summed E-state index contributed by atoms with van der Waals surface area (Å²) in [6.07, 6.45) is 14.2. The van der Waals surface area contributed by atoms with E-state index in [9.17, 15) is 38.7 Å². The number of carboxylic acid groups (broad SMARTS) is 1. The van der Waals surface area contributed by atoms with Gasteiger partial charge in [0.2, 0.25) is 29.5 Å². The number of alkyl carbamates (subject to hydrolysis) is 1. The van der Waals surface area contributed by atoms with Crippen molar-refractivity contribution in [2.75, 3.05) is 41.0 Å². The number of nitrogens with one attached hydrogen (secondary N) is 3. The van der Waals surface area contributed by atoms with Crippen molar-refractivity contribution in [2.45, 2.75) is 193 Å². The normalized spacial score (nSPS) is 24.5. The topological polar surface area (TPSA) is 213 Å². The van der Waals surface area contributed by atoms with Crippen LogP contribution >= 0.6 is 0 Å². The Morgan fingerprint density at radius 2 is 1.61 bits per heavy atom. The molecule has 1 aromatic rings. The van der Waals surface area contributed by atoms with Crippen LogP contribution in [-0.2, 0) is 49.4 Å². The van der Waals surface area contributed by atoms with Crippen LogP contribution in [0, 0.1) is 53.8 Å². The van der Waals surface area contributed by atoms with Gasteiger partial charge in [0, 0.05) is 59.7 Å². The molecule has 2 aliphatic heterocycles. The molecule has 5 rings (SSSR count). The van der Waals surface area contributed by atoms with Gasteiger partial charge < -0.3 is 50.0 Å². The minimum absolute atomic E-state index is 0.00200. The van der Waals surface area contributed by atoms with Gasteiger partial charge in [0.15, 0.2) is 0 Å². The summed E-state index contributed by atoms with van der Waals surface area (Å²) < 4.78 is 17.6. The SMILES string of the molecule is C#CCC[C@@H]1[C@H](CCC)[C@@H]1COC(=O)NCCCCCC(=O)N1[C@@H]2CC[C@@H](C2)[C@H]1C(=O)N[C@H](C(=O)N(C)[C@@H]([C@@H](C)CC)[C@@H](CC(=O)N1CCC[C@H]1[C@H](OC)[C@@H](C)C(=O)N[C@@H](Cc1ccccc1)C(=O)O)OC)C(C)C. The van der Waals surface area contributed by atoms with Crippen molar-refractivity contribution in [1.82, 2.24) is 30.7 Å². The van der Waals surface area contributed by atoms with Crippen molar-refractivity contribution < 1.29 is 52.9 Å². The monoisotopic (exact) mass is 1050 g/mol. The highest BCUT2D eigenvalue weighted by molar-refractivity contribution is 5.93. The number of likely N-dealkylation sites (N-methyl/N-ethyl adjacent to an activating group) is 1. The van der Waals surface area contributed by atoms with Gasteiger partial charge in [0.05, 0.1) is 43.2 Å². The highest BCUT2D eigenvalue weighted by Crippen LogP contribution is 2.52. The van der Waals surface area contributed by atoms with Gasteiger partial charge in [0.25, 0.3) is 0 Å². The molecule has 0 aromatic heterocycles. The predicted octanol–water partition coefficient (Wildman–Crippen LogP) is 6.60. The fraction of sp³-hybridized carbons (Fsp3) is 0.741. The summed E-state index contributed by atoms with van der Waals surface area (Å²) >= 11 is 0. The second-order valence-corrected chi connectivity index (χ2v) is 22.2. The Hall–Kier alpha value is -5.21. The number of benzene rings is 1. The molecule has 14 atom stereocenters. The second kappa shape index (κ2) is 29.3. The second-order valence-electron chi connectivity index (χ2n) is 22.2. The number of hydrogen-bond acceptors (Lipinski definition) is 10. The Morgan fingerprint density at radius 3 is 2.25 bits per heavy atom. The van der Waals surface area contributed by atoms with Crippen LogP contribution in [0.25, 0.3) is 0 Å². The number of likely N-dealkylation sites (tertiary alicyclic amines) is 2. The number of piperidine rings is 1. The van der Waals surface area contributed by atoms with Crippen LogP contribution in [0.4, 0.5) is 4.79 Å². The van der Waals surface area contributed by atoms with Crippen LogP contribution in [0.5, 0.6) is 0 Å². The number of fused-ring (bicyclic) bond motifs is 2. The number of carbonyl (C=O) groups excluding carboxylic acids is 6. The lowest BCUT2D eigenvalue weighted by Gasteiger charge is -2.41. The number of ether oxygens (including phenoxy) is 3. The number of aliphatic carboxylic acids is 1. The van der Waals surface area contributed by atoms with E-state index in [1.807, 2.05) is 58.0 Å². The molecule has 2 aliphatic carbocycles. The molecular formula is C58H90N6O11. The Balaban J connectivity index is 1.15. The lowest BCUT2D eigenvalue weighted by atomic mass is 9.89. The molecule has 2 bridgehead atoms. The molecule has 4 fully saturated rings. The minimum atomic E-state index is -1.15. The first-order valence-corrected chi connectivity index (χ1v) is 28.1. The van der Waals surface area contributed by atoms with Gasteiger partial charge in [-0.3, -0.25) is 24.0 Å². The Labute approximate surface area is 447 Å². The number of hydrogen-bond donors (Lipinski definition) is 4. The Morgan fingerprint density at radius 1 is 0.893 bits per heavy atom. The number of amides is 6. The molecule has 0 radical (unpaired) electrons. The van der Waals surface area contributed by atoms with Gasteiger partial charge in [-0.15, -0.1) is 12.3 Å². The molecule has 2 saturated carbocycles. The standard InChI is InChI=1S/C58H90N6O11/c1-11-14-25-43-42(22-12-2)44(43)35-75-58(72)59-30-20-16-19-27-48(65)64-41-29-28-40(33-41)52(64)55(68)61-50(36(4)5)56(69)62(8)51(37(6)13-3)47(73-9)34-49(66)63-31-21-26-46(63)53(74-10)38(7)54(67)60-45(57(70)71)32-39-23-17-15-18-24-39/h1,15,17-18,23-24,36-38,40-47,50-53H,12-14,16,19-22,25-35H2,2-10H3,(H,59,72)(H,60,67)(H,61,68)(H,70,71)/t37-,38+,40-,41+,42-,43+,44-,45-,46-,47+,50-,51-,52-,53+/m0/s1. The summed E-state index contributed by atoms with van der Waals surface area (Å²) in [5.41, 5.74) is 0.770. The van der Waals surface area contributed by atoms with Crippen molar-refractivity contribution in [3.63, 3.8) is 0 Å². The molecule has 1 aromatic carbocycles. The van der Waals surface area contributed by atoms with E-state index >= 15 is 0 Å². The maximum atomic E-state index is 14.7. The summed E-state index contributed by atoms with van der Waals surface area (Å²) in [5.74, 6) is 0.386. The molecule has 0 unspecified atom stereocenters. The van der Waals surface area contributed by atoms with Gasteiger partial charge in [0.1, 0.15) is 18.1 Å². The lowest BCUT2D eigenvalue weighted by Crippen LogP contribution is -2.60. The summed E-state index contributed by atoms with van der Waals surface area (Å²) in [5, 5.41) is 18.6. The van der Waals surface area contributed by atoms with E-state index in [2.05, 4.69) is 28.8 Å². The third kappa shape index (κ3) is 15.9. The highest BCUT2D eigenvalue weighted by Gasteiger charge is 2.52. The summed E-state index contributed by atoms with van der Waals surface area (Å²) in [6, 6.07) is 5.27. The molecule has 2 saturated heterocycles. The van der Waals surface area contributed by atoms with Crippen LogP contribution in [0.15, 0.2) is 30.3 Å². The Kier molecular flexibility index (Phi) is 23.7. The van der Waals surface area contributed by atoms with Crippen molar-refractivity contribution >= 4 is 41.6 Å². The highest BCUT2D eigenvalue weighted by atomic mass is 16.5. The number of terminal acetylenes is 1. The first-order valence-electron chi connectivity index (χ1n) is 28.1. The van der Waals surface area contributed by atoms with Crippen LogP contribution in [0.3, 0.4) is 0 Å². The van der Waals surface area contributed by atoms with E-state index in [-0.39, 0.29) is 66.7 Å². The molecule has 2 heterocycles. The molecule has 17 nitrogen and oxygen atoms in total. The van der Waals surface area contributed by atoms with E-state index in [1.165, 1.54) is 14.2 Å². The molecular weight excluding hydrogens is 957 g/mol. The van der Waals surface area contributed by atoms with Crippen LogP contribution in [-0.4, -0.2) is 151 Å². The molecule has 17 heteroatoms. The van der Waals surface area contributed by atoms with E-state index in [0.717, 1.165) is 56.9 Å². The number of rotatable bonds is 31. The fourth-order valence-corrected chi connectivity index (χ4v) is 12.6. The van der Waals surface area contributed by atoms with Crippen LogP contribution < -0.4 is 16.0 Å². The van der Waals surface area contributed by atoms with Gasteiger partial charge in [-0.1, -0.05) is 97.6 Å². The number of unbranched alkanes of at least 4 members (excludes halogenated alkanes) is 2.